The topological polar surface area (TPSA) is 190 Å². The van der Waals surface area contributed by atoms with Gasteiger partial charge in [-0.25, -0.2) is 14.6 Å². The number of nitrogens with one attached hydrogen (secondary N) is 5. The standard InChI is InChI=1S/C40H49N11O5/c1-26-21-28(22-29-25-44-48-34(26)29)24-32(46-38(54)51-15-8-40(9-16-51)31-3-2-10-43-35(31)47-39(55)56-40)36(52)45-33(23-27-4-11-41-12-5-27)37(53)50-19-17-49(18-20-50)30-6-13-42-14-7-30/h2-3,6-7,10,13-14,21-22,25,27,32-33,41H,4-5,8-9,11-12,15-20,23-24H2,1H3,(H,44,48)(H,45,52)(H,46,54)(H,43,47,55)/t32-,33-/m1/s1. The van der Waals surface area contributed by atoms with Crippen molar-refractivity contribution in [3.05, 3.63) is 77.9 Å². The zero-order valence-corrected chi connectivity index (χ0v) is 31.6. The van der Waals surface area contributed by atoms with E-state index < -0.39 is 35.7 Å². The van der Waals surface area contributed by atoms with Gasteiger partial charge in [-0.05, 0) is 86.7 Å². The lowest BCUT2D eigenvalue weighted by Gasteiger charge is -2.43. The van der Waals surface area contributed by atoms with Crippen molar-refractivity contribution in [1.29, 1.82) is 0 Å². The molecule has 16 nitrogen and oxygen atoms in total. The molecule has 4 aliphatic rings. The fraction of sp³-hybridized carbons (Fsp3) is 0.475. The number of amides is 5. The van der Waals surface area contributed by atoms with Gasteiger partial charge in [0.15, 0.2) is 0 Å². The summed E-state index contributed by atoms with van der Waals surface area (Å²) >= 11 is 0. The second kappa shape index (κ2) is 16.1. The molecule has 0 unspecified atom stereocenters. The number of H-pyrrole nitrogens is 1. The number of hydrogen-bond donors (Lipinski definition) is 5. The van der Waals surface area contributed by atoms with Crippen LogP contribution in [0.1, 0.15) is 48.8 Å². The molecule has 2 atom stereocenters. The molecular formula is C40H49N11O5. The number of anilines is 2. The third-order valence-electron chi connectivity index (χ3n) is 11.8. The zero-order chi connectivity index (χ0) is 38.6. The first kappa shape index (κ1) is 37.2. The predicted octanol–water partition coefficient (Wildman–Crippen LogP) is 3.06. The van der Waals surface area contributed by atoms with Crippen molar-refractivity contribution in [3.8, 4) is 0 Å². The van der Waals surface area contributed by atoms with Gasteiger partial charge in [-0.3, -0.25) is 25.0 Å². The molecule has 1 aromatic carbocycles. The average Bonchev–Trinajstić information content (AvgIpc) is 3.71. The van der Waals surface area contributed by atoms with Gasteiger partial charge >= 0.3 is 12.1 Å². The van der Waals surface area contributed by atoms with Crippen LogP contribution >= 0.6 is 0 Å². The van der Waals surface area contributed by atoms with Gasteiger partial charge in [-0.2, -0.15) is 5.10 Å². The van der Waals surface area contributed by atoms with Crippen molar-refractivity contribution in [2.45, 2.75) is 63.1 Å². The molecule has 16 heteroatoms. The molecule has 0 saturated carbocycles. The van der Waals surface area contributed by atoms with E-state index in [-0.39, 0.29) is 18.2 Å². The Kier molecular flexibility index (Phi) is 10.7. The van der Waals surface area contributed by atoms with E-state index in [1.807, 2.05) is 42.2 Å². The summed E-state index contributed by atoms with van der Waals surface area (Å²) in [5.74, 6) is 0.228. The van der Waals surface area contributed by atoms with Gasteiger partial charge in [-0.15, -0.1) is 0 Å². The molecule has 3 saturated heterocycles. The van der Waals surface area contributed by atoms with E-state index in [4.69, 9.17) is 4.74 Å². The van der Waals surface area contributed by atoms with Crippen LogP contribution in [0.5, 0.6) is 0 Å². The SMILES string of the molecule is Cc1cc(C[C@@H](NC(=O)N2CCC3(CC2)OC(=O)Nc2ncccc23)C(=O)N[C@H](CC2CCNCC2)C(=O)N2CCN(c3ccncc3)CC2)cc2cn[nH]c12. The van der Waals surface area contributed by atoms with E-state index in [1.54, 1.807) is 35.8 Å². The van der Waals surface area contributed by atoms with Crippen LogP contribution in [0.4, 0.5) is 21.1 Å². The van der Waals surface area contributed by atoms with Crippen molar-refractivity contribution in [2.75, 3.05) is 62.6 Å². The Balaban J connectivity index is 0.999. The van der Waals surface area contributed by atoms with Crippen LogP contribution in [-0.2, 0) is 26.3 Å². The fourth-order valence-corrected chi connectivity index (χ4v) is 8.69. The number of aryl methyl sites for hydroxylation is 1. The number of urea groups is 1. The first-order valence-electron chi connectivity index (χ1n) is 19.6. The van der Waals surface area contributed by atoms with Crippen LogP contribution in [0.25, 0.3) is 10.9 Å². The van der Waals surface area contributed by atoms with Crippen molar-refractivity contribution in [1.82, 2.24) is 45.9 Å². The van der Waals surface area contributed by atoms with E-state index in [2.05, 4.69) is 46.3 Å². The van der Waals surface area contributed by atoms with E-state index >= 15 is 0 Å². The number of aromatic amines is 1. The van der Waals surface area contributed by atoms with E-state index in [1.165, 1.54) is 0 Å². The second-order valence-corrected chi connectivity index (χ2v) is 15.4. The molecule has 4 aromatic rings. The summed E-state index contributed by atoms with van der Waals surface area (Å²) in [6.07, 6.45) is 9.65. The third-order valence-corrected chi connectivity index (χ3v) is 11.8. The zero-order valence-electron chi connectivity index (χ0n) is 31.6. The maximum absolute atomic E-state index is 14.5. The summed E-state index contributed by atoms with van der Waals surface area (Å²) in [5, 5.41) is 20.4. The number of ether oxygens (including phenoxy) is 1. The smallest absolute Gasteiger partial charge is 0.413 e. The van der Waals surface area contributed by atoms with Crippen molar-refractivity contribution in [3.63, 3.8) is 0 Å². The van der Waals surface area contributed by atoms with Gasteiger partial charge in [0.1, 0.15) is 23.5 Å². The highest BCUT2D eigenvalue weighted by atomic mass is 16.6. The summed E-state index contributed by atoms with van der Waals surface area (Å²) in [7, 11) is 0. The Bertz CT molecular complexity index is 2050. The number of pyridine rings is 2. The van der Waals surface area contributed by atoms with Crippen LogP contribution in [0.15, 0.2) is 61.2 Å². The predicted molar refractivity (Wildman–Crippen MR) is 209 cm³/mol. The van der Waals surface area contributed by atoms with Crippen LogP contribution in [-0.4, -0.2) is 118 Å². The lowest BCUT2D eigenvalue weighted by molar-refractivity contribution is -0.137. The number of nitrogens with zero attached hydrogens (tertiary/aromatic N) is 6. The molecular weight excluding hydrogens is 715 g/mol. The molecule has 5 N–H and O–H groups in total. The number of aromatic nitrogens is 4. The van der Waals surface area contributed by atoms with Crippen LogP contribution in [0.2, 0.25) is 0 Å². The summed E-state index contributed by atoms with van der Waals surface area (Å²) in [6.45, 7) is 6.72. The van der Waals surface area contributed by atoms with Gasteiger partial charge in [-0.1, -0.05) is 6.07 Å². The molecule has 4 aliphatic heterocycles. The molecule has 3 aromatic heterocycles. The lowest BCUT2D eigenvalue weighted by Crippen LogP contribution is -2.59. The van der Waals surface area contributed by atoms with Crippen molar-refractivity contribution in [2.24, 2.45) is 5.92 Å². The minimum Gasteiger partial charge on any atom is -0.437 e. The van der Waals surface area contributed by atoms with Gasteiger partial charge in [0.25, 0.3) is 0 Å². The number of carbonyl (C=O) groups excluding carboxylic acids is 4. The van der Waals surface area contributed by atoms with Crippen LogP contribution in [0, 0.1) is 12.8 Å². The number of hydrogen-bond acceptors (Lipinski definition) is 10. The van der Waals surface area contributed by atoms with Crippen LogP contribution in [0.3, 0.4) is 0 Å². The first-order chi connectivity index (χ1) is 27.2. The van der Waals surface area contributed by atoms with E-state index in [0.29, 0.717) is 64.3 Å². The van der Waals surface area contributed by atoms with Gasteiger partial charge in [0, 0.05) is 93.8 Å². The largest absolute Gasteiger partial charge is 0.437 e. The minimum absolute atomic E-state index is 0.0976. The molecule has 3 fully saturated rings. The molecule has 1 spiro atoms. The Hall–Kier alpha value is -5.77. The van der Waals surface area contributed by atoms with E-state index in [9.17, 15) is 19.2 Å². The summed E-state index contributed by atoms with van der Waals surface area (Å²) < 4.78 is 5.85. The summed E-state index contributed by atoms with van der Waals surface area (Å²) in [4.78, 5) is 69.6. The molecule has 8 rings (SSSR count). The molecule has 5 amide bonds. The molecule has 7 heterocycles. The number of benzene rings is 1. The highest BCUT2D eigenvalue weighted by Gasteiger charge is 2.46. The fourth-order valence-electron chi connectivity index (χ4n) is 8.69. The van der Waals surface area contributed by atoms with Gasteiger partial charge < -0.3 is 35.4 Å². The molecule has 56 heavy (non-hydrogen) atoms. The number of likely N-dealkylation sites (tertiary alicyclic amines) is 1. The third kappa shape index (κ3) is 7.96. The number of rotatable bonds is 9. The van der Waals surface area contributed by atoms with Crippen molar-refractivity contribution >= 4 is 46.3 Å². The van der Waals surface area contributed by atoms with Gasteiger partial charge in [0.2, 0.25) is 11.8 Å². The minimum atomic E-state index is -0.976. The Morgan fingerprint density at radius 1 is 0.946 bits per heavy atom. The molecule has 0 bridgehead atoms. The molecule has 0 radical (unpaired) electrons. The maximum atomic E-state index is 14.5. The quantitative estimate of drug-likeness (QED) is 0.170. The number of piperazine rings is 1. The summed E-state index contributed by atoms with van der Waals surface area (Å²) in [5.41, 5.74) is 3.68. The lowest BCUT2D eigenvalue weighted by atomic mass is 9.83. The number of piperidine rings is 2. The van der Waals surface area contributed by atoms with Gasteiger partial charge in [0.05, 0.1) is 11.7 Å². The average molecular weight is 764 g/mol. The van der Waals surface area contributed by atoms with Crippen LogP contribution < -0.4 is 26.2 Å². The maximum Gasteiger partial charge on any atom is 0.413 e. The Labute approximate surface area is 325 Å². The first-order valence-corrected chi connectivity index (χ1v) is 19.6. The van der Waals surface area contributed by atoms with E-state index in [0.717, 1.165) is 59.2 Å². The normalized spacial score (nSPS) is 19.4. The molecule has 294 valence electrons. The summed E-state index contributed by atoms with van der Waals surface area (Å²) in [6, 6.07) is 9.48. The second-order valence-electron chi connectivity index (χ2n) is 15.4. The Morgan fingerprint density at radius 2 is 1.71 bits per heavy atom. The number of fused-ring (bicyclic) bond motifs is 3. The highest BCUT2D eigenvalue weighted by Crippen LogP contribution is 2.42. The Morgan fingerprint density at radius 3 is 2.48 bits per heavy atom. The van der Waals surface area contributed by atoms with Crippen molar-refractivity contribution < 1.29 is 23.9 Å². The number of carbonyl (C=O) groups is 4. The molecule has 0 aliphatic carbocycles. The monoisotopic (exact) mass is 763 g/mol. The highest BCUT2D eigenvalue weighted by molar-refractivity contribution is 5.93.